The fraction of sp³-hybridized carbons (Fsp3) is 0.893. The van der Waals surface area contributed by atoms with Crippen LogP contribution < -0.4 is 9.47 Å². The van der Waals surface area contributed by atoms with Crippen molar-refractivity contribution in [3.63, 3.8) is 0 Å². The topological polar surface area (TPSA) is 18.5 Å². The first-order chi connectivity index (χ1) is 28.8. The molecule has 1 rings (SSSR count). The molecule has 1 aromatic carbocycles. The Morgan fingerprint density at radius 1 is 0.241 bits per heavy atom. The molecule has 0 bridgehead atoms. The van der Waals surface area contributed by atoms with E-state index in [1.165, 1.54) is 275 Å². The van der Waals surface area contributed by atoms with Crippen molar-refractivity contribution >= 4 is 0 Å². The van der Waals surface area contributed by atoms with Crippen molar-refractivity contribution in [1.82, 2.24) is 0 Å². The number of ether oxygens (including phenoxy) is 2. The van der Waals surface area contributed by atoms with Crippen LogP contribution in [0.5, 0.6) is 11.5 Å². The average molecular weight is 811 g/mol. The van der Waals surface area contributed by atoms with Crippen molar-refractivity contribution in [2.24, 2.45) is 0 Å². The molecule has 2 heteroatoms. The highest BCUT2D eigenvalue weighted by molar-refractivity contribution is 5.38. The Labute approximate surface area is 366 Å². The lowest BCUT2D eigenvalue weighted by atomic mass is 10.0. The van der Waals surface area contributed by atoms with Gasteiger partial charge in [0, 0.05) is 6.07 Å². The van der Waals surface area contributed by atoms with Gasteiger partial charge in [0.05, 0.1) is 13.2 Å². The first-order valence-electron chi connectivity index (χ1n) is 27.2. The summed E-state index contributed by atoms with van der Waals surface area (Å²) >= 11 is 0. The highest BCUT2D eigenvalue weighted by Crippen LogP contribution is 2.25. The van der Waals surface area contributed by atoms with E-state index < -0.39 is 0 Å². The van der Waals surface area contributed by atoms with Crippen LogP contribution in [-0.4, -0.2) is 13.2 Å². The first-order valence-corrected chi connectivity index (χ1v) is 27.2. The Morgan fingerprint density at radius 2 is 0.431 bits per heavy atom. The second-order valence-electron chi connectivity index (χ2n) is 18.7. The number of rotatable bonds is 49. The Bertz CT molecular complexity index is 842. The fourth-order valence-electron chi connectivity index (χ4n) is 8.80. The Hall–Kier alpha value is -1.18. The summed E-state index contributed by atoms with van der Waals surface area (Å²) in [5.41, 5.74) is 1.32. The molecule has 0 saturated heterocycles. The van der Waals surface area contributed by atoms with E-state index in [0.29, 0.717) is 0 Å². The predicted octanol–water partition coefficient (Wildman–Crippen LogP) is 20.2. The van der Waals surface area contributed by atoms with Crippen molar-refractivity contribution in [2.75, 3.05) is 13.2 Å². The zero-order valence-electron chi connectivity index (χ0n) is 40.3. The summed E-state index contributed by atoms with van der Waals surface area (Å²) in [6.07, 6.45) is 63.8. The van der Waals surface area contributed by atoms with Gasteiger partial charge in [0.25, 0.3) is 0 Å². The van der Waals surface area contributed by atoms with Crippen LogP contribution in [0.15, 0.2) is 18.2 Å². The SMILES string of the molecule is CCCCCCCCCCCCCCCCCCCCCCCCOc1cc(CC)cc(OCCCCCCCCCCCCCCCCCCCCCCCC)c1. The summed E-state index contributed by atoms with van der Waals surface area (Å²) in [6, 6.07) is 6.55. The van der Waals surface area contributed by atoms with Gasteiger partial charge in [-0.05, 0) is 37.0 Å². The molecule has 58 heavy (non-hydrogen) atoms. The van der Waals surface area contributed by atoms with Gasteiger partial charge in [0.1, 0.15) is 11.5 Å². The summed E-state index contributed by atoms with van der Waals surface area (Å²) in [4.78, 5) is 0. The fourth-order valence-corrected chi connectivity index (χ4v) is 8.80. The normalized spacial score (nSPS) is 11.5. The molecule has 2 nitrogen and oxygen atoms in total. The maximum atomic E-state index is 6.21. The lowest BCUT2D eigenvalue weighted by molar-refractivity contribution is 0.289. The molecule has 0 fully saturated rings. The molecule has 342 valence electrons. The van der Waals surface area contributed by atoms with Gasteiger partial charge in [-0.3, -0.25) is 0 Å². The van der Waals surface area contributed by atoms with Gasteiger partial charge in [0.15, 0.2) is 0 Å². The van der Waals surface area contributed by atoms with E-state index in [2.05, 4.69) is 39.0 Å². The van der Waals surface area contributed by atoms with Crippen LogP contribution in [0.3, 0.4) is 0 Å². The van der Waals surface area contributed by atoms with E-state index in [1.807, 2.05) is 0 Å². The summed E-state index contributed by atoms with van der Waals surface area (Å²) < 4.78 is 12.4. The Morgan fingerprint density at radius 3 is 0.621 bits per heavy atom. The molecule has 0 amide bonds. The Balaban J connectivity index is 1.86. The molecule has 0 heterocycles. The van der Waals surface area contributed by atoms with Gasteiger partial charge in [0.2, 0.25) is 0 Å². The van der Waals surface area contributed by atoms with E-state index in [0.717, 1.165) is 44.0 Å². The predicted molar refractivity (Wildman–Crippen MR) is 261 cm³/mol. The molecule has 1 aromatic rings. The van der Waals surface area contributed by atoms with E-state index in [4.69, 9.17) is 9.47 Å². The number of benzene rings is 1. The minimum atomic E-state index is 0.825. The number of hydrogen-bond acceptors (Lipinski definition) is 2. The highest BCUT2D eigenvalue weighted by Gasteiger charge is 2.04. The molecule has 0 aromatic heterocycles. The molecule has 0 N–H and O–H groups in total. The number of unbranched alkanes of at least 4 members (excludes halogenated alkanes) is 42. The summed E-state index contributed by atoms with van der Waals surface area (Å²) in [5.74, 6) is 1.99. The molecule has 0 aliphatic rings. The van der Waals surface area contributed by atoms with Gasteiger partial charge >= 0.3 is 0 Å². The van der Waals surface area contributed by atoms with Crippen LogP contribution >= 0.6 is 0 Å². The Kier molecular flexibility index (Phi) is 44.3. The van der Waals surface area contributed by atoms with Crippen LogP contribution in [0.2, 0.25) is 0 Å². The van der Waals surface area contributed by atoms with Crippen molar-refractivity contribution in [1.29, 1.82) is 0 Å². The summed E-state index contributed by atoms with van der Waals surface area (Å²) in [5, 5.41) is 0. The van der Waals surface area contributed by atoms with Crippen LogP contribution in [0.4, 0.5) is 0 Å². The van der Waals surface area contributed by atoms with Crippen LogP contribution in [0, 0.1) is 0 Å². The third-order valence-electron chi connectivity index (χ3n) is 12.9. The van der Waals surface area contributed by atoms with E-state index >= 15 is 0 Å². The molecular weight excluding hydrogens is 705 g/mol. The van der Waals surface area contributed by atoms with Crippen molar-refractivity contribution in [3.05, 3.63) is 23.8 Å². The molecule has 0 unspecified atom stereocenters. The molecule has 0 atom stereocenters. The van der Waals surface area contributed by atoms with Gasteiger partial charge in [-0.1, -0.05) is 290 Å². The maximum Gasteiger partial charge on any atom is 0.123 e. The van der Waals surface area contributed by atoms with Gasteiger partial charge in [-0.15, -0.1) is 0 Å². The quantitative estimate of drug-likeness (QED) is 0.0610. The minimum Gasteiger partial charge on any atom is -0.493 e. The van der Waals surface area contributed by atoms with Crippen LogP contribution in [-0.2, 0) is 6.42 Å². The molecular formula is C56H106O2. The molecule has 0 radical (unpaired) electrons. The lowest BCUT2D eigenvalue weighted by Gasteiger charge is -2.12. The van der Waals surface area contributed by atoms with Gasteiger partial charge in [-0.25, -0.2) is 0 Å². The third kappa shape index (κ3) is 40.2. The van der Waals surface area contributed by atoms with Gasteiger partial charge in [-0.2, -0.15) is 0 Å². The number of hydrogen-bond donors (Lipinski definition) is 0. The molecule has 0 aliphatic carbocycles. The standard InChI is InChI=1S/C56H106O2/c1-4-7-9-11-13-15-17-19-21-23-25-27-29-31-33-35-37-39-41-43-45-47-49-57-55-51-54(6-3)52-56(53-55)58-50-48-46-44-42-40-38-36-34-32-30-28-26-24-22-20-18-16-14-12-10-8-5-2/h51-53H,4-50H2,1-3H3. The van der Waals surface area contributed by atoms with E-state index in [1.54, 1.807) is 0 Å². The smallest absolute Gasteiger partial charge is 0.123 e. The summed E-state index contributed by atoms with van der Waals surface area (Å²) in [6.45, 7) is 8.49. The average Bonchev–Trinajstić information content (AvgIpc) is 3.24. The van der Waals surface area contributed by atoms with Crippen molar-refractivity contribution < 1.29 is 9.47 Å². The number of aryl methyl sites for hydroxylation is 1. The lowest BCUT2D eigenvalue weighted by Crippen LogP contribution is -2.01. The van der Waals surface area contributed by atoms with Crippen molar-refractivity contribution in [3.8, 4) is 11.5 Å². The highest BCUT2D eigenvalue weighted by atomic mass is 16.5. The molecule has 0 spiro atoms. The second kappa shape index (κ2) is 46.9. The monoisotopic (exact) mass is 811 g/mol. The van der Waals surface area contributed by atoms with Crippen LogP contribution in [0.1, 0.15) is 309 Å². The second-order valence-corrected chi connectivity index (χ2v) is 18.7. The summed E-state index contributed by atoms with van der Waals surface area (Å²) in [7, 11) is 0. The van der Waals surface area contributed by atoms with E-state index in [-0.39, 0.29) is 0 Å². The minimum absolute atomic E-state index is 0.825. The van der Waals surface area contributed by atoms with Crippen LogP contribution in [0.25, 0.3) is 0 Å². The zero-order chi connectivity index (χ0) is 41.5. The third-order valence-corrected chi connectivity index (χ3v) is 12.9. The van der Waals surface area contributed by atoms with Crippen molar-refractivity contribution in [2.45, 2.75) is 310 Å². The first kappa shape index (κ1) is 54.8. The maximum absolute atomic E-state index is 6.21. The molecule has 0 aliphatic heterocycles. The largest absolute Gasteiger partial charge is 0.493 e. The van der Waals surface area contributed by atoms with E-state index in [9.17, 15) is 0 Å². The molecule has 0 saturated carbocycles. The zero-order valence-corrected chi connectivity index (χ0v) is 40.3. The van der Waals surface area contributed by atoms with Gasteiger partial charge < -0.3 is 9.47 Å².